The van der Waals surface area contributed by atoms with E-state index in [-0.39, 0.29) is 13.2 Å². The Morgan fingerprint density at radius 1 is 1.50 bits per heavy atom. The summed E-state index contributed by atoms with van der Waals surface area (Å²) in [6, 6.07) is 1.75. The lowest BCUT2D eigenvalue weighted by atomic mass is 10.0. The lowest BCUT2D eigenvalue weighted by Crippen LogP contribution is -2.61. The Morgan fingerprint density at radius 2 is 2.08 bits per heavy atom. The highest BCUT2D eigenvalue weighted by Gasteiger charge is 2.41. The SMILES string of the molecule is N#CC1(NCC(F)(F)F)COC1. The van der Waals surface area contributed by atoms with E-state index in [2.05, 4.69) is 10.1 Å². The molecule has 0 aliphatic carbocycles. The van der Waals surface area contributed by atoms with E-state index < -0.39 is 18.3 Å². The molecule has 0 spiro atoms. The average molecular weight is 180 g/mol. The first-order chi connectivity index (χ1) is 5.47. The first kappa shape index (κ1) is 9.29. The molecule has 0 bridgehead atoms. The molecule has 0 atom stereocenters. The normalized spacial score (nSPS) is 21.2. The maximum absolute atomic E-state index is 11.7. The van der Waals surface area contributed by atoms with E-state index in [0.717, 1.165) is 0 Å². The molecule has 1 N–H and O–H groups in total. The Bertz CT molecular complexity index is 204. The summed E-state index contributed by atoms with van der Waals surface area (Å²) in [5, 5.41) is 10.6. The third kappa shape index (κ3) is 2.09. The number of hydrogen-bond donors (Lipinski definition) is 1. The van der Waals surface area contributed by atoms with Gasteiger partial charge in [-0.15, -0.1) is 0 Å². The predicted molar refractivity (Wildman–Crippen MR) is 33.2 cm³/mol. The molecule has 68 valence electrons. The van der Waals surface area contributed by atoms with Crippen LogP contribution < -0.4 is 5.32 Å². The van der Waals surface area contributed by atoms with Crippen LogP contribution >= 0.6 is 0 Å². The molecule has 0 radical (unpaired) electrons. The highest BCUT2D eigenvalue weighted by molar-refractivity contribution is 5.12. The maximum Gasteiger partial charge on any atom is 0.401 e. The minimum Gasteiger partial charge on any atom is -0.375 e. The van der Waals surface area contributed by atoms with Gasteiger partial charge in [-0.2, -0.15) is 18.4 Å². The molecule has 3 nitrogen and oxygen atoms in total. The summed E-state index contributed by atoms with van der Waals surface area (Å²) >= 11 is 0. The zero-order chi connectivity index (χ0) is 9.24. The van der Waals surface area contributed by atoms with Crippen molar-refractivity contribution >= 4 is 0 Å². The van der Waals surface area contributed by atoms with Gasteiger partial charge in [0.05, 0.1) is 25.8 Å². The van der Waals surface area contributed by atoms with E-state index >= 15 is 0 Å². The lowest BCUT2D eigenvalue weighted by molar-refractivity contribution is -0.138. The first-order valence-corrected chi connectivity index (χ1v) is 3.28. The number of nitrogens with one attached hydrogen (secondary N) is 1. The number of hydrogen-bond acceptors (Lipinski definition) is 3. The monoisotopic (exact) mass is 180 g/mol. The highest BCUT2D eigenvalue weighted by Crippen LogP contribution is 2.19. The van der Waals surface area contributed by atoms with Gasteiger partial charge in [-0.25, -0.2) is 0 Å². The van der Waals surface area contributed by atoms with E-state index in [1.165, 1.54) is 0 Å². The van der Waals surface area contributed by atoms with Crippen LogP contribution in [0.25, 0.3) is 0 Å². The molecule has 1 rings (SSSR count). The zero-order valence-electron chi connectivity index (χ0n) is 6.11. The molecule has 12 heavy (non-hydrogen) atoms. The predicted octanol–water partition coefficient (Wildman–Crippen LogP) is 0.431. The van der Waals surface area contributed by atoms with Crippen LogP contribution in [-0.4, -0.2) is 31.5 Å². The fraction of sp³-hybridized carbons (Fsp3) is 0.833. The first-order valence-electron chi connectivity index (χ1n) is 3.28. The molecular weight excluding hydrogens is 173 g/mol. The molecule has 0 saturated carbocycles. The zero-order valence-corrected chi connectivity index (χ0v) is 6.11. The van der Waals surface area contributed by atoms with Gasteiger partial charge in [0.2, 0.25) is 0 Å². The number of halogens is 3. The second-order valence-corrected chi connectivity index (χ2v) is 2.66. The van der Waals surface area contributed by atoms with Crippen LogP contribution in [0.15, 0.2) is 0 Å². The van der Waals surface area contributed by atoms with E-state index in [4.69, 9.17) is 5.26 Å². The Balaban J connectivity index is 2.36. The van der Waals surface area contributed by atoms with Crippen LogP contribution in [-0.2, 0) is 4.74 Å². The van der Waals surface area contributed by atoms with E-state index in [1.54, 1.807) is 6.07 Å². The number of ether oxygens (including phenoxy) is 1. The number of rotatable bonds is 2. The van der Waals surface area contributed by atoms with Crippen molar-refractivity contribution in [3.05, 3.63) is 0 Å². The van der Waals surface area contributed by atoms with Crippen LogP contribution in [0.1, 0.15) is 0 Å². The summed E-state index contributed by atoms with van der Waals surface area (Å²) in [5.74, 6) is 0. The van der Waals surface area contributed by atoms with Crippen molar-refractivity contribution in [1.82, 2.24) is 5.32 Å². The maximum atomic E-state index is 11.7. The van der Waals surface area contributed by atoms with E-state index in [0.29, 0.717) is 0 Å². The van der Waals surface area contributed by atoms with Gasteiger partial charge in [-0.1, -0.05) is 0 Å². The molecule has 1 fully saturated rings. The molecule has 1 saturated heterocycles. The number of nitriles is 1. The second-order valence-electron chi connectivity index (χ2n) is 2.66. The van der Waals surface area contributed by atoms with Gasteiger partial charge < -0.3 is 4.74 Å². The molecule has 0 unspecified atom stereocenters. The average Bonchev–Trinajstić information content (AvgIpc) is 1.84. The fourth-order valence-electron chi connectivity index (χ4n) is 0.782. The minimum absolute atomic E-state index is 0.0274. The summed E-state index contributed by atoms with van der Waals surface area (Å²) in [6.45, 7) is -1.09. The standard InChI is InChI=1S/C6H7F3N2O/c7-6(8,9)2-11-5(1-10)3-12-4-5/h11H,2-4H2. The third-order valence-corrected chi connectivity index (χ3v) is 1.54. The molecule has 1 aliphatic rings. The quantitative estimate of drug-likeness (QED) is 0.670. The smallest absolute Gasteiger partial charge is 0.375 e. The fourth-order valence-corrected chi connectivity index (χ4v) is 0.782. The summed E-state index contributed by atoms with van der Waals surface area (Å²) in [5.41, 5.74) is -1.12. The number of alkyl halides is 3. The second kappa shape index (κ2) is 2.92. The molecule has 6 heteroatoms. The minimum atomic E-state index is -4.28. The molecular formula is C6H7F3N2O. The van der Waals surface area contributed by atoms with Gasteiger partial charge in [0.25, 0.3) is 0 Å². The summed E-state index contributed by atoms with van der Waals surface area (Å²) in [6.07, 6.45) is -4.28. The summed E-state index contributed by atoms with van der Waals surface area (Å²) in [7, 11) is 0. The Labute approximate surface area is 67.1 Å². The van der Waals surface area contributed by atoms with E-state index in [9.17, 15) is 13.2 Å². The van der Waals surface area contributed by atoms with Crippen molar-refractivity contribution in [2.75, 3.05) is 19.8 Å². The van der Waals surface area contributed by atoms with Crippen LogP contribution in [0.5, 0.6) is 0 Å². The van der Waals surface area contributed by atoms with Crippen molar-refractivity contribution in [2.24, 2.45) is 0 Å². The van der Waals surface area contributed by atoms with Crippen molar-refractivity contribution in [2.45, 2.75) is 11.7 Å². The molecule has 0 aromatic rings. The highest BCUT2D eigenvalue weighted by atomic mass is 19.4. The molecule has 0 amide bonds. The van der Waals surface area contributed by atoms with E-state index in [1.807, 2.05) is 0 Å². The molecule has 1 aliphatic heterocycles. The van der Waals surface area contributed by atoms with Crippen LogP contribution in [0.4, 0.5) is 13.2 Å². The van der Waals surface area contributed by atoms with Crippen molar-refractivity contribution in [1.29, 1.82) is 5.26 Å². The largest absolute Gasteiger partial charge is 0.401 e. The lowest BCUT2D eigenvalue weighted by Gasteiger charge is -2.35. The van der Waals surface area contributed by atoms with Crippen LogP contribution in [0.3, 0.4) is 0 Å². The third-order valence-electron chi connectivity index (χ3n) is 1.54. The van der Waals surface area contributed by atoms with Crippen molar-refractivity contribution in [3.63, 3.8) is 0 Å². The van der Waals surface area contributed by atoms with Gasteiger partial charge in [0, 0.05) is 0 Å². The van der Waals surface area contributed by atoms with Crippen LogP contribution in [0, 0.1) is 11.3 Å². The summed E-state index contributed by atoms with van der Waals surface area (Å²) in [4.78, 5) is 0. The summed E-state index contributed by atoms with van der Waals surface area (Å²) < 4.78 is 39.7. The Morgan fingerprint density at radius 3 is 2.33 bits per heavy atom. The van der Waals surface area contributed by atoms with Gasteiger partial charge in [0.15, 0.2) is 5.54 Å². The van der Waals surface area contributed by atoms with Gasteiger partial charge in [-0.3, -0.25) is 5.32 Å². The molecule has 1 heterocycles. The Hall–Kier alpha value is -0.800. The van der Waals surface area contributed by atoms with Gasteiger partial charge in [0.1, 0.15) is 0 Å². The van der Waals surface area contributed by atoms with Gasteiger partial charge >= 0.3 is 6.18 Å². The topological polar surface area (TPSA) is 45.0 Å². The Kier molecular flexibility index (Phi) is 2.26. The molecule has 0 aromatic heterocycles. The van der Waals surface area contributed by atoms with Crippen molar-refractivity contribution < 1.29 is 17.9 Å². The van der Waals surface area contributed by atoms with Crippen LogP contribution in [0.2, 0.25) is 0 Å². The number of nitrogens with zero attached hydrogens (tertiary/aromatic N) is 1. The van der Waals surface area contributed by atoms with Crippen molar-refractivity contribution in [3.8, 4) is 6.07 Å². The molecule has 0 aromatic carbocycles. The van der Waals surface area contributed by atoms with Gasteiger partial charge in [-0.05, 0) is 0 Å².